The zero-order chi connectivity index (χ0) is 13.6. The highest BCUT2D eigenvalue weighted by atomic mass is 28.4. The van der Waals surface area contributed by atoms with E-state index in [9.17, 15) is 0 Å². The average Bonchev–Trinajstić information content (AvgIpc) is 2.35. The van der Waals surface area contributed by atoms with Crippen molar-refractivity contribution in [3.8, 4) is 0 Å². The van der Waals surface area contributed by atoms with Crippen molar-refractivity contribution in [3.05, 3.63) is 0 Å². The normalized spacial score (nSPS) is 35.7. The highest BCUT2D eigenvalue weighted by Crippen LogP contribution is 2.23. The molecule has 0 spiro atoms. The van der Waals surface area contributed by atoms with E-state index in [-0.39, 0.29) is 6.10 Å². The van der Waals surface area contributed by atoms with E-state index in [4.69, 9.17) is 17.7 Å². The molecular weight excluding hydrogens is 262 g/mol. The van der Waals surface area contributed by atoms with Gasteiger partial charge in [0, 0.05) is 26.2 Å². The van der Waals surface area contributed by atoms with Crippen molar-refractivity contribution in [3.63, 3.8) is 0 Å². The standard InChI is InChI=1S/C13H27NO4Si/c1-3-5-6-13-12-14-7-10-16-19(18-13,15-9-4-2)17-11-8-14/h13H,3-12H2,1-2H3. The van der Waals surface area contributed by atoms with Crippen LogP contribution in [0.4, 0.5) is 0 Å². The summed E-state index contributed by atoms with van der Waals surface area (Å²) in [5.74, 6) is 0. The fourth-order valence-electron chi connectivity index (χ4n) is 2.46. The maximum absolute atomic E-state index is 6.18. The molecule has 6 heteroatoms. The van der Waals surface area contributed by atoms with Crippen molar-refractivity contribution >= 4 is 9.05 Å². The van der Waals surface area contributed by atoms with Crippen LogP contribution >= 0.6 is 0 Å². The molecule has 0 N–H and O–H groups in total. The van der Waals surface area contributed by atoms with Gasteiger partial charge in [-0.15, -0.1) is 0 Å². The molecule has 3 aliphatic heterocycles. The predicted octanol–water partition coefficient (Wildman–Crippen LogP) is 1.79. The van der Waals surface area contributed by atoms with E-state index in [1.54, 1.807) is 0 Å². The van der Waals surface area contributed by atoms with Crippen LogP contribution in [0.3, 0.4) is 0 Å². The topological polar surface area (TPSA) is 40.2 Å². The first-order valence-electron chi connectivity index (χ1n) is 7.60. The van der Waals surface area contributed by atoms with Crippen LogP contribution in [0.2, 0.25) is 0 Å². The van der Waals surface area contributed by atoms with Crippen molar-refractivity contribution in [2.75, 3.05) is 39.5 Å². The Bertz CT molecular complexity index is 252. The van der Waals surface area contributed by atoms with Crippen LogP contribution in [-0.4, -0.2) is 59.5 Å². The first-order chi connectivity index (χ1) is 9.28. The SMILES string of the molecule is CCCCC1CN2CCO[Si](OCCC)(OCC2)O1. The van der Waals surface area contributed by atoms with Crippen molar-refractivity contribution < 1.29 is 17.7 Å². The number of hydrogen-bond acceptors (Lipinski definition) is 5. The summed E-state index contributed by atoms with van der Waals surface area (Å²) in [6.07, 6.45) is 4.56. The van der Waals surface area contributed by atoms with Gasteiger partial charge in [0.2, 0.25) is 0 Å². The Hall–Kier alpha value is 0.0169. The van der Waals surface area contributed by atoms with Crippen molar-refractivity contribution in [2.45, 2.75) is 45.6 Å². The summed E-state index contributed by atoms with van der Waals surface area (Å²) in [4.78, 5) is 2.37. The summed E-state index contributed by atoms with van der Waals surface area (Å²) in [6.45, 7) is 9.14. The lowest BCUT2D eigenvalue weighted by atomic mass is 10.1. The van der Waals surface area contributed by atoms with Gasteiger partial charge in [0.05, 0.1) is 19.3 Å². The van der Waals surface area contributed by atoms with Gasteiger partial charge in [-0.05, 0) is 12.8 Å². The van der Waals surface area contributed by atoms with Gasteiger partial charge in [-0.1, -0.05) is 26.7 Å². The number of rotatable bonds is 6. The molecule has 3 heterocycles. The maximum atomic E-state index is 6.18. The second-order valence-corrected chi connectivity index (χ2v) is 7.33. The van der Waals surface area contributed by atoms with Gasteiger partial charge < -0.3 is 17.7 Å². The average molecular weight is 289 g/mol. The summed E-state index contributed by atoms with van der Waals surface area (Å²) >= 11 is 0. The largest absolute Gasteiger partial charge is 0.680 e. The molecule has 3 fully saturated rings. The fourth-order valence-corrected chi connectivity index (χ4v) is 4.65. The van der Waals surface area contributed by atoms with E-state index in [0.717, 1.165) is 32.5 Å². The summed E-state index contributed by atoms with van der Waals surface area (Å²) < 4.78 is 23.8. The molecule has 0 aliphatic carbocycles. The summed E-state index contributed by atoms with van der Waals surface area (Å²) in [5.41, 5.74) is 0. The number of fused-ring (bicyclic) bond motifs is 6. The molecular formula is C13H27NO4Si. The molecule has 0 aromatic carbocycles. The summed E-state index contributed by atoms with van der Waals surface area (Å²) in [5, 5.41) is 0. The molecule has 1 unspecified atom stereocenters. The van der Waals surface area contributed by atoms with Gasteiger partial charge in [0.25, 0.3) is 0 Å². The molecule has 3 aliphatic rings. The van der Waals surface area contributed by atoms with Gasteiger partial charge in [-0.25, -0.2) is 0 Å². The predicted molar refractivity (Wildman–Crippen MR) is 74.7 cm³/mol. The van der Waals surface area contributed by atoms with E-state index in [1.165, 1.54) is 12.8 Å². The van der Waals surface area contributed by atoms with Gasteiger partial charge in [0.15, 0.2) is 0 Å². The molecule has 3 rings (SSSR count). The molecule has 112 valence electrons. The van der Waals surface area contributed by atoms with Gasteiger partial charge in [-0.2, -0.15) is 0 Å². The molecule has 0 saturated carbocycles. The van der Waals surface area contributed by atoms with E-state index < -0.39 is 9.05 Å². The first kappa shape index (κ1) is 15.4. The lowest BCUT2D eigenvalue weighted by Gasteiger charge is -2.40. The Labute approximate surface area is 117 Å². The van der Waals surface area contributed by atoms with Crippen LogP contribution in [0, 0.1) is 0 Å². The van der Waals surface area contributed by atoms with E-state index in [1.807, 2.05) is 0 Å². The highest BCUT2D eigenvalue weighted by Gasteiger charge is 2.50. The van der Waals surface area contributed by atoms with Crippen molar-refractivity contribution in [1.29, 1.82) is 0 Å². The number of unbranched alkanes of at least 4 members (excludes halogenated alkanes) is 1. The fraction of sp³-hybridized carbons (Fsp3) is 1.00. The highest BCUT2D eigenvalue weighted by molar-refractivity contribution is 6.53. The second kappa shape index (κ2) is 7.71. The summed E-state index contributed by atoms with van der Waals surface area (Å²) in [6, 6.07) is 0. The number of hydrogen-bond donors (Lipinski definition) is 0. The molecule has 5 nitrogen and oxygen atoms in total. The third kappa shape index (κ3) is 4.51. The molecule has 0 aromatic heterocycles. The molecule has 0 radical (unpaired) electrons. The molecule has 2 bridgehead atoms. The lowest BCUT2D eigenvalue weighted by molar-refractivity contribution is -0.101. The zero-order valence-electron chi connectivity index (χ0n) is 12.2. The van der Waals surface area contributed by atoms with Crippen LogP contribution in [0.15, 0.2) is 0 Å². The van der Waals surface area contributed by atoms with Crippen molar-refractivity contribution in [1.82, 2.24) is 4.90 Å². The Kier molecular flexibility index (Phi) is 6.25. The minimum atomic E-state index is -2.89. The molecule has 0 aromatic rings. The third-order valence-corrected chi connectivity index (χ3v) is 5.80. The van der Waals surface area contributed by atoms with E-state index in [2.05, 4.69) is 18.7 Å². The quantitative estimate of drug-likeness (QED) is 0.697. The monoisotopic (exact) mass is 289 g/mol. The second-order valence-electron chi connectivity index (χ2n) is 5.23. The summed E-state index contributed by atoms with van der Waals surface area (Å²) in [7, 11) is -2.89. The Morgan fingerprint density at radius 2 is 1.89 bits per heavy atom. The molecule has 3 saturated heterocycles. The van der Waals surface area contributed by atoms with Crippen LogP contribution < -0.4 is 0 Å². The lowest BCUT2D eigenvalue weighted by Crippen LogP contribution is -2.59. The Morgan fingerprint density at radius 3 is 2.53 bits per heavy atom. The molecule has 1 atom stereocenters. The Morgan fingerprint density at radius 1 is 1.16 bits per heavy atom. The molecule has 19 heavy (non-hydrogen) atoms. The van der Waals surface area contributed by atoms with Crippen LogP contribution in [0.1, 0.15) is 39.5 Å². The molecule has 0 amide bonds. The van der Waals surface area contributed by atoms with E-state index in [0.29, 0.717) is 19.8 Å². The number of nitrogens with zero attached hydrogens (tertiary/aromatic N) is 1. The van der Waals surface area contributed by atoms with E-state index >= 15 is 0 Å². The Balaban J connectivity index is 2.03. The van der Waals surface area contributed by atoms with Gasteiger partial charge in [0.1, 0.15) is 0 Å². The van der Waals surface area contributed by atoms with Gasteiger partial charge in [-0.3, -0.25) is 4.90 Å². The minimum Gasteiger partial charge on any atom is -0.351 e. The van der Waals surface area contributed by atoms with Crippen LogP contribution in [-0.2, 0) is 17.7 Å². The minimum absolute atomic E-state index is 0.184. The smallest absolute Gasteiger partial charge is 0.351 e. The van der Waals surface area contributed by atoms with Gasteiger partial charge >= 0.3 is 9.05 Å². The van der Waals surface area contributed by atoms with Crippen LogP contribution in [0.5, 0.6) is 0 Å². The maximum Gasteiger partial charge on any atom is 0.680 e. The van der Waals surface area contributed by atoms with Crippen molar-refractivity contribution in [2.24, 2.45) is 0 Å². The first-order valence-corrected chi connectivity index (χ1v) is 9.23. The third-order valence-electron chi connectivity index (χ3n) is 3.51. The zero-order valence-corrected chi connectivity index (χ0v) is 13.2. The van der Waals surface area contributed by atoms with Crippen LogP contribution in [0.25, 0.3) is 0 Å².